The highest BCUT2D eigenvalue weighted by Crippen LogP contribution is 2.24. The van der Waals surface area contributed by atoms with Crippen LogP contribution < -0.4 is 20.5 Å². The van der Waals surface area contributed by atoms with E-state index in [9.17, 15) is 9.18 Å². The maximum absolute atomic E-state index is 14.4. The topological polar surface area (TPSA) is 112 Å². The lowest BCUT2D eigenvalue weighted by Gasteiger charge is -2.26. The summed E-state index contributed by atoms with van der Waals surface area (Å²) in [6.45, 7) is 6.12. The van der Waals surface area contributed by atoms with Gasteiger partial charge >= 0.3 is 12.1 Å². The van der Waals surface area contributed by atoms with Crippen molar-refractivity contribution in [2.24, 2.45) is 11.7 Å². The second-order valence-electron chi connectivity index (χ2n) is 6.92. The molecule has 2 heterocycles. The van der Waals surface area contributed by atoms with Crippen LogP contribution in [0.5, 0.6) is 11.9 Å². The summed E-state index contributed by atoms with van der Waals surface area (Å²) in [6, 6.07) is 2.64. The molecule has 2 aromatic rings. The first-order chi connectivity index (χ1) is 12.7. The fourth-order valence-corrected chi connectivity index (χ4v) is 2.58. The summed E-state index contributed by atoms with van der Waals surface area (Å²) in [5.74, 6) is -0.372. The van der Waals surface area contributed by atoms with Crippen molar-refractivity contribution in [2.75, 3.05) is 13.7 Å². The van der Waals surface area contributed by atoms with E-state index in [2.05, 4.69) is 34.1 Å². The van der Waals surface area contributed by atoms with Crippen LogP contribution in [0, 0.1) is 11.7 Å². The van der Waals surface area contributed by atoms with Crippen LogP contribution in [0.4, 0.5) is 9.18 Å². The average molecular weight is 377 g/mol. The lowest BCUT2D eigenvalue weighted by molar-refractivity contribution is 0.193. The van der Waals surface area contributed by atoms with Crippen LogP contribution in [0.3, 0.4) is 0 Å². The van der Waals surface area contributed by atoms with E-state index in [1.807, 2.05) is 6.92 Å². The Kier molecular flexibility index (Phi) is 6.62. The Labute approximate surface area is 157 Å². The van der Waals surface area contributed by atoms with E-state index in [1.165, 1.54) is 25.5 Å². The summed E-state index contributed by atoms with van der Waals surface area (Å²) in [5, 5.41) is 2.29. The van der Waals surface area contributed by atoms with Crippen LogP contribution in [0.15, 0.2) is 24.5 Å². The number of amides is 1. The standard InChI is InChI=1S/C18H24FN5O3/c1-11(2)8-18(3,20)10-26-15-13(19)7-12(9-23-15)14-5-6-22-16(24-14)27-17(25)21-4/h5-7,9,11H,8,10,20H2,1-4H3,(H,21,25)/t18-/m1/s1. The lowest BCUT2D eigenvalue weighted by Crippen LogP contribution is -2.43. The normalized spacial score (nSPS) is 13.1. The number of ether oxygens (including phenoxy) is 2. The minimum Gasteiger partial charge on any atom is -0.474 e. The highest BCUT2D eigenvalue weighted by Gasteiger charge is 2.22. The minimum atomic E-state index is -0.702. The zero-order valence-electron chi connectivity index (χ0n) is 15.8. The van der Waals surface area contributed by atoms with Gasteiger partial charge in [0.1, 0.15) is 6.61 Å². The molecule has 0 aliphatic heterocycles. The van der Waals surface area contributed by atoms with E-state index >= 15 is 0 Å². The van der Waals surface area contributed by atoms with E-state index < -0.39 is 17.4 Å². The number of nitrogens with zero attached hydrogens (tertiary/aromatic N) is 3. The molecular weight excluding hydrogens is 353 g/mol. The fraction of sp³-hybridized carbons (Fsp3) is 0.444. The highest BCUT2D eigenvalue weighted by molar-refractivity contribution is 5.69. The van der Waals surface area contributed by atoms with Gasteiger partial charge in [-0.25, -0.2) is 19.2 Å². The van der Waals surface area contributed by atoms with Crippen molar-refractivity contribution in [1.29, 1.82) is 0 Å². The van der Waals surface area contributed by atoms with Crippen LogP contribution in [-0.4, -0.2) is 40.2 Å². The van der Waals surface area contributed by atoms with Crippen molar-refractivity contribution < 1.29 is 18.7 Å². The Balaban J connectivity index is 2.12. The van der Waals surface area contributed by atoms with Crippen molar-refractivity contribution in [2.45, 2.75) is 32.7 Å². The van der Waals surface area contributed by atoms with Gasteiger partial charge in [-0.3, -0.25) is 0 Å². The molecular formula is C18H24FN5O3. The molecule has 0 aromatic carbocycles. The zero-order chi connectivity index (χ0) is 20.0. The average Bonchev–Trinajstić information content (AvgIpc) is 2.59. The van der Waals surface area contributed by atoms with E-state index in [4.69, 9.17) is 15.2 Å². The van der Waals surface area contributed by atoms with Gasteiger partial charge in [-0.2, -0.15) is 4.98 Å². The van der Waals surface area contributed by atoms with Gasteiger partial charge in [-0.1, -0.05) is 13.8 Å². The van der Waals surface area contributed by atoms with Crippen molar-refractivity contribution >= 4 is 6.09 Å². The molecule has 27 heavy (non-hydrogen) atoms. The fourth-order valence-electron chi connectivity index (χ4n) is 2.58. The van der Waals surface area contributed by atoms with Crippen molar-refractivity contribution in [3.63, 3.8) is 0 Å². The second-order valence-corrected chi connectivity index (χ2v) is 6.92. The minimum absolute atomic E-state index is 0.130. The third kappa shape index (κ3) is 6.14. The van der Waals surface area contributed by atoms with Crippen molar-refractivity contribution in [3.05, 3.63) is 30.3 Å². The third-order valence-corrected chi connectivity index (χ3v) is 3.54. The third-order valence-electron chi connectivity index (χ3n) is 3.54. The molecule has 0 spiro atoms. The molecule has 0 bridgehead atoms. The summed E-state index contributed by atoms with van der Waals surface area (Å²) in [4.78, 5) is 23.1. The molecule has 0 aliphatic rings. The summed E-state index contributed by atoms with van der Waals surface area (Å²) in [6.07, 6.45) is 2.85. The number of nitrogens with two attached hydrogens (primary N) is 1. The number of carbonyl (C=O) groups excluding carboxylic acids is 1. The molecule has 0 fully saturated rings. The van der Waals surface area contributed by atoms with Crippen molar-refractivity contribution in [3.8, 4) is 23.1 Å². The Bertz CT molecular complexity index is 798. The molecule has 1 atom stereocenters. The van der Waals surface area contributed by atoms with Gasteiger partial charge in [0.05, 0.1) is 5.69 Å². The van der Waals surface area contributed by atoms with Gasteiger partial charge in [0, 0.05) is 30.5 Å². The largest absolute Gasteiger partial charge is 0.474 e. The number of pyridine rings is 1. The van der Waals surface area contributed by atoms with Crippen LogP contribution >= 0.6 is 0 Å². The van der Waals surface area contributed by atoms with Gasteiger partial charge in [-0.05, 0) is 31.4 Å². The van der Waals surface area contributed by atoms with E-state index in [0.717, 1.165) is 6.42 Å². The summed E-state index contributed by atoms with van der Waals surface area (Å²) in [5.41, 5.74) is 6.32. The molecule has 0 saturated heterocycles. The number of halogens is 1. The Morgan fingerprint density at radius 1 is 1.41 bits per heavy atom. The SMILES string of the molecule is CNC(=O)Oc1nccc(-c2cnc(OC[C@](C)(N)CC(C)C)c(F)c2)n1. The predicted molar refractivity (Wildman–Crippen MR) is 97.8 cm³/mol. The summed E-state index contributed by atoms with van der Waals surface area (Å²) in [7, 11) is 1.41. The van der Waals surface area contributed by atoms with Crippen LogP contribution in [0.1, 0.15) is 27.2 Å². The number of rotatable bonds is 7. The van der Waals surface area contributed by atoms with Gasteiger partial charge < -0.3 is 20.5 Å². The summed E-state index contributed by atoms with van der Waals surface area (Å²) >= 11 is 0. The zero-order valence-corrected chi connectivity index (χ0v) is 15.8. The van der Waals surface area contributed by atoms with Gasteiger partial charge in [0.25, 0.3) is 0 Å². The van der Waals surface area contributed by atoms with E-state index in [-0.39, 0.29) is 18.5 Å². The van der Waals surface area contributed by atoms with Gasteiger partial charge in [0.15, 0.2) is 5.82 Å². The molecule has 146 valence electrons. The van der Waals surface area contributed by atoms with Crippen LogP contribution in [0.25, 0.3) is 11.3 Å². The quantitative estimate of drug-likeness (QED) is 0.762. The number of hydrogen-bond donors (Lipinski definition) is 2. The second kappa shape index (κ2) is 8.72. The Morgan fingerprint density at radius 2 is 2.15 bits per heavy atom. The maximum Gasteiger partial charge on any atom is 0.414 e. The molecule has 3 N–H and O–H groups in total. The Morgan fingerprint density at radius 3 is 2.78 bits per heavy atom. The molecule has 8 nitrogen and oxygen atoms in total. The first-order valence-corrected chi connectivity index (χ1v) is 8.50. The van der Waals surface area contributed by atoms with Gasteiger partial charge in [-0.15, -0.1) is 0 Å². The van der Waals surface area contributed by atoms with Crippen LogP contribution in [-0.2, 0) is 0 Å². The smallest absolute Gasteiger partial charge is 0.414 e. The molecule has 0 radical (unpaired) electrons. The summed E-state index contributed by atoms with van der Waals surface area (Å²) < 4.78 is 24.7. The van der Waals surface area contributed by atoms with Crippen LogP contribution in [0.2, 0.25) is 0 Å². The van der Waals surface area contributed by atoms with E-state index in [1.54, 1.807) is 6.07 Å². The number of hydrogen-bond acceptors (Lipinski definition) is 7. The molecule has 0 saturated carbocycles. The lowest BCUT2D eigenvalue weighted by atomic mass is 9.93. The highest BCUT2D eigenvalue weighted by atomic mass is 19.1. The number of aromatic nitrogens is 3. The van der Waals surface area contributed by atoms with Gasteiger partial charge in [0.2, 0.25) is 5.88 Å². The maximum atomic E-state index is 14.4. The first-order valence-electron chi connectivity index (χ1n) is 8.50. The predicted octanol–water partition coefficient (Wildman–Crippen LogP) is 2.54. The number of nitrogens with one attached hydrogen (secondary N) is 1. The molecule has 0 aliphatic carbocycles. The monoisotopic (exact) mass is 377 g/mol. The molecule has 0 unspecified atom stereocenters. The Hall–Kier alpha value is -2.81. The first kappa shape index (κ1) is 20.5. The van der Waals surface area contributed by atoms with E-state index in [0.29, 0.717) is 17.2 Å². The molecule has 2 aromatic heterocycles. The molecule has 1 amide bonds. The van der Waals surface area contributed by atoms with Crippen molar-refractivity contribution in [1.82, 2.24) is 20.3 Å². The number of carbonyl (C=O) groups is 1. The molecule has 9 heteroatoms. The molecule has 2 rings (SSSR count).